The van der Waals surface area contributed by atoms with Crippen molar-refractivity contribution in [3.05, 3.63) is 60.2 Å². The minimum Gasteiger partial charge on any atom is -0.489 e. The summed E-state index contributed by atoms with van der Waals surface area (Å²) in [4.78, 5) is 2.11. The Hall–Kier alpha value is -1.98. The molecule has 1 heterocycles. The molecule has 2 aromatic rings. The molecule has 1 saturated heterocycles. The Morgan fingerprint density at radius 2 is 1.75 bits per heavy atom. The SMILES string of the molecule is CB(O)N1CCC(Nc2ccc(OCc3ccccc3)cc2)CC1. The van der Waals surface area contributed by atoms with E-state index in [1.807, 2.05) is 37.2 Å². The van der Waals surface area contributed by atoms with Crippen LogP contribution in [0.1, 0.15) is 18.4 Å². The molecular formula is C19H25BN2O2. The zero-order chi connectivity index (χ0) is 16.8. The molecule has 0 saturated carbocycles. The second-order valence-electron chi connectivity index (χ2n) is 6.39. The maximum atomic E-state index is 9.61. The van der Waals surface area contributed by atoms with Crippen LogP contribution in [-0.2, 0) is 6.61 Å². The number of hydrogen-bond acceptors (Lipinski definition) is 4. The Labute approximate surface area is 144 Å². The van der Waals surface area contributed by atoms with Crippen LogP contribution in [0.25, 0.3) is 0 Å². The van der Waals surface area contributed by atoms with Gasteiger partial charge in [-0.05, 0) is 62.6 Å². The summed E-state index contributed by atoms with van der Waals surface area (Å²) in [5.41, 5.74) is 2.29. The van der Waals surface area contributed by atoms with Crippen LogP contribution in [0.3, 0.4) is 0 Å². The van der Waals surface area contributed by atoms with Gasteiger partial charge in [-0.25, -0.2) is 0 Å². The van der Waals surface area contributed by atoms with E-state index < -0.39 is 0 Å². The Balaban J connectivity index is 1.46. The molecular weight excluding hydrogens is 299 g/mol. The zero-order valence-corrected chi connectivity index (χ0v) is 14.2. The molecule has 5 heteroatoms. The average molecular weight is 324 g/mol. The third-order valence-corrected chi connectivity index (χ3v) is 4.53. The minimum atomic E-state index is -0.341. The molecule has 0 amide bonds. The van der Waals surface area contributed by atoms with E-state index in [0.717, 1.165) is 37.4 Å². The van der Waals surface area contributed by atoms with Gasteiger partial charge < -0.3 is 19.9 Å². The van der Waals surface area contributed by atoms with Gasteiger partial charge in [0.1, 0.15) is 12.4 Å². The molecule has 0 spiro atoms. The van der Waals surface area contributed by atoms with Crippen molar-refractivity contribution in [3.63, 3.8) is 0 Å². The summed E-state index contributed by atoms with van der Waals surface area (Å²) in [7, 11) is -0.341. The van der Waals surface area contributed by atoms with E-state index >= 15 is 0 Å². The highest BCUT2D eigenvalue weighted by Gasteiger charge is 2.23. The van der Waals surface area contributed by atoms with Crippen LogP contribution in [0.5, 0.6) is 5.75 Å². The van der Waals surface area contributed by atoms with Gasteiger partial charge in [0.25, 0.3) is 0 Å². The summed E-state index contributed by atoms with van der Waals surface area (Å²) in [6.07, 6.45) is 2.11. The maximum Gasteiger partial charge on any atom is 0.376 e. The van der Waals surface area contributed by atoms with E-state index in [2.05, 4.69) is 34.4 Å². The van der Waals surface area contributed by atoms with Crippen molar-refractivity contribution in [2.45, 2.75) is 32.3 Å². The molecule has 0 radical (unpaired) electrons. The lowest BCUT2D eigenvalue weighted by atomic mass is 9.82. The van der Waals surface area contributed by atoms with E-state index in [4.69, 9.17) is 4.74 Å². The normalized spacial score (nSPS) is 15.9. The van der Waals surface area contributed by atoms with Crippen molar-refractivity contribution in [3.8, 4) is 5.75 Å². The molecule has 0 aromatic heterocycles. The number of nitrogens with zero attached hydrogens (tertiary/aromatic N) is 1. The second kappa shape index (κ2) is 8.22. The lowest BCUT2D eigenvalue weighted by Crippen LogP contribution is -2.45. The van der Waals surface area contributed by atoms with Gasteiger partial charge in [0, 0.05) is 11.7 Å². The van der Waals surface area contributed by atoms with Gasteiger partial charge in [-0.1, -0.05) is 30.3 Å². The summed E-state index contributed by atoms with van der Waals surface area (Å²) in [6, 6.07) is 18.8. The number of hydrogen-bond donors (Lipinski definition) is 2. The zero-order valence-electron chi connectivity index (χ0n) is 14.2. The molecule has 0 aliphatic carbocycles. The maximum absolute atomic E-state index is 9.61. The Bertz CT molecular complexity index is 611. The van der Waals surface area contributed by atoms with Crippen LogP contribution in [0.15, 0.2) is 54.6 Å². The third-order valence-electron chi connectivity index (χ3n) is 4.53. The largest absolute Gasteiger partial charge is 0.489 e. The number of rotatable bonds is 6. The molecule has 0 unspecified atom stereocenters. The monoisotopic (exact) mass is 324 g/mol. The first kappa shape index (κ1) is 16.9. The number of ether oxygens (including phenoxy) is 1. The highest BCUT2D eigenvalue weighted by Crippen LogP contribution is 2.20. The first-order valence-electron chi connectivity index (χ1n) is 8.66. The molecule has 2 aromatic carbocycles. The number of piperidine rings is 1. The smallest absolute Gasteiger partial charge is 0.376 e. The van der Waals surface area contributed by atoms with Gasteiger partial charge in [0.15, 0.2) is 0 Å². The fourth-order valence-corrected chi connectivity index (χ4v) is 3.04. The third kappa shape index (κ3) is 4.76. The number of benzene rings is 2. The lowest BCUT2D eigenvalue weighted by molar-refractivity contribution is 0.298. The molecule has 24 heavy (non-hydrogen) atoms. The van der Waals surface area contributed by atoms with Gasteiger partial charge in [0.2, 0.25) is 0 Å². The molecule has 3 rings (SSSR count). The van der Waals surface area contributed by atoms with Crippen molar-refractivity contribution >= 4 is 12.7 Å². The molecule has 1 fully saturated rings. The summed E-state index contributed by atoms with van der Waals surface area (Å²) in [5.74, 6) is 0.883. The Kier molecular flexibility index (Phi) is 5.78. The van der Waals surface area contributed by atoms with Gasteiger partial charge in [-0.15, -0.1) is 0 Å². The van der Waals surface area contributed by atoms with Crippen LogP contribution in [0.2, 0.25) is 6.82 Å². The highest BCUT2D eigenvalue weighted by molar-refractivity contribution is 6.45. The molecule has 126 valence electrons. The van der Waals surface area contributed by atoms with E-state index in [-0.39, 0.29) is 7.05 Å². The number of nitrogens with one attached hydrogen (secondary N) is 1. The first-order chi connectivity index (χ1) is 11.7. The Morgan fingerprint density at radius 3 is 2.38 bits per heavy atom. The van der Waals surface area contributed by atoms with Gasteiger partial charge in [-0.3, -0.25) is 0 Å². The van der Waals surface area contributed by atoms with E-state index in [1.54, 1.807) is 0 Å². The lowest BCUT2D eigenvalue weighted by Gasteiger charge is -2.33. The van der Waals surface area contributed by atoms with Gasteiger partial charge in [0.05, 0.1) is 0 Å². The number of anilines is 1. The first-order valence-corrected chi connectivity index (χ1v) is 8.66. The predicted octanol–water partition coefficient (Wildman–Crippen LogP) is 3.25. The fraction of sp³-hybridized carbons (Fsp3) is 0.368. The summed E-state index contributed by atoms with van der Waals surface area (Å²) >= 11 is 0. The Morgan fingerprint density at radius 1 is 1.08 bits per heavy atom. The second-order valence-corrected chi connectivity index (χ2v) is 6.39. The van der Waals surface area contributed by atoms with Crippen LogP contribution in [0, 0.1) is 0 Å². The van der Waals surface area contributed by atoms with Crippen molar-refractivity contribution in [1.29, 1.82) is 0 Å². The van der Waals surface area contributed by atoms with Gasteiger partial charge >= 0.3 is 7.05 Å². The minimum absolute atomic E-state index is 0.341. The van der Waals surface area contributed by atoms with Gasteiger partial charge in [-0.2, -0.15) is 0 Å². The van der Waals surface area contributed by atoms with E-state index in [9.17, 15) is 5.02 Å². The van der Waals surface area contributed by atoms with Crippen molar-refractivity contribution < 1.29 is 9.76 Å². The molecule has 1 aliphatic heterocycles. The van der Waals surface area contributed by atoms with Crippen LogP contribution >= 0.6 is 0 Å². The molecule has 2 N–H and O–H groups in total. The molecule has 0 atom stereocenters. The fourth-order valence-electron chi connectivity index (χ4n) is 3.04. The van der Waals surface area contributed by atoms with Crippen LogP contribution in [-0.4, -0.2) is 36.0 Å². The summed E-state index contributed by atoms with van der Waals surface area (Å²) in [5, 5.41) is 13.2. The highest BCUT2D eigenvalue weighted by atomic mass is 16.5. The van der Waals surface area contributed by atoms with Crippen LogP contribution < -0.4 is 10.1 Å². The van der Waals surface area contributed by atoms with Crippen molar-refractivity contribution in [1.82, 2.24) is 4.81 Å². The summed E-state index contributed by atoms with van der Waals surface area (Å²) < 4.78 is 5.82. The van der Waals surface area contributed by atoms with Crippen molar-refractivity contribution in [2.24, 2.45) is 0 Å². The molecule has 0 bridgehead atoms. The van der Waals surface area contributed by atoms with Crippen LogP contribution in [0.4, 0.5) is 5.69 Å². The molecule has 4 nitrogen and oxygen atoms in total. The standard InChI is InChI=1S/C19H25BN2O2/c1-20(23)22-13-11-18(12-14-22)21-17-7-9-19(10-8-17)24-15-16-5-3-2-4-6-16/h2-10,18,21,23H,11-15H2,1H3. The van der Waals surface area contributed by atoms with E-state index in [0.29, 0.717) is 12.6 Å². The average Bonchev–Trinajstić information content (AvgIpc) is 2.62. The predicted molar refractivity (Wildman–Crippen MR) is 99.3 cm³/mol. The van der Waals surface area contributed by atoms with Crippen molar-refractivity contribution in [2.75, 3.05) is 18.4 Å². The summed E-state index contributed by atoms with van der Waals surface area (Å²) in [6.45, 7) is 4.30. The van der Waals surface area contributed by atoms with E-state index in [1.165, 1.54) is 5.56 Å². The molecule has 1 aliphatic rings. The topological polar surface area (TPSA) is 44.7 Å². The quantitative estimate of drug-likeness (QED) is 0.801.